The first kappa shape index (κ1) is 24.7. The van der Waals surface area contributed by atoms with Crippen LogP contribution in [0.2, 0.25) is 0 Å². The molecule has 4 rings (SSSR count). The number of nitrogens with zero attached hydrogens (tertiary/aromatic N) is 1. The summed E-state index contributed by atoms with van der Waals surface area (Å²) in [4.78, 5) is 0. The van der Waals surface area contributed by atoms with Crippen molar-refractivity contribution in [2.75, 3.05) is 0 Å². The van der Waals surface area contributed by atoms with Gasteiger partial charge in [0.05, 0.1) is 11.1 Å². The summed E-state index contributed by atoms with van der Waals surface area (Å²) in [7, 11) is 0. The molecule has 0 saturated heterocycles. The van der Waals surface area contributed by atoms with Gasteiger partial charge in [0.25, 0.3) is 0 Å². The lowest BCUT2D eigenvalue weighted by atomic mass is 9.82. The van der Waals surface area contributed by atoms with Crippen LogP contribution in [-0.2, 0) is 6.42 Å². The SMILES string of the molecule is CCCCCc1ccc(C2CC=C(c3cc(F)c(-c4ccc(C#N)c(F)c4)c(F)c3F)CC2)cc1. The van der Waals surface area contributed by atoms with Gasteiger partial charge in [-0.05, 0) is 78.5 Å². The Morgan fingerprint density at radius 2 is 1.69 bits per heavy atom. The molecule has 0 saturated carbocycles. The molecule has 1 nitrogen and oxygen atoms in total. The van der Waals surface area contributed by atoms with Gasteiger partial charge in [0.15, 0.2) is 11.6 Å². The first-order valence-corrected chi connectivity index (χ1v) is 12.1. The second kappa shape index (κ2) is 10.9. The van der Waals surface area contributed by atoms with Crippen molar-refractivity contribution in [3.63, 3.8) is 0 Å². The van der Waals surface area contributed by atoms with E-state index in [9.17, 15) is 13.2 Å². The van der Waals surface area contributed by atoms with Gasteiger partial charge in [0.2, 0.25) is 0 Å². The highest BCUT2D eigenvalue weighted by atomic mass is 19.2. The largest absolute Gasteiger partial charge is 0.206 e. The van der Waals surface area contributed by atoms with Crippen molar-refractivity contribution in [2.45, 2.75) is 57.8 Å². The molecule has 0 heterocycles. The van der Waals surface area contributed by atoms with Crippen molar-refractivity contribution in [2.24, 2.45) is 0 Å². The number of benzene rings is 3. The summed E-state index contributed by atoms with van der Waals surface area (Å²) >= 11 is 0. The van der Waals surface area contributed by atoms with Crippen LogP contribution in [0.4, 0.5) is 17.6 Å². The number of hydrogen-bond acceptors (Lipinski definition) is 1. The van der Waals surface area contributed by atoms with Gasteiger partial charge >= 0.3 is 0 Å². The number of halogens is 4. The smallest absolute Gasteiger partial charge is 0.170 e. The van der Waals surface area contributed by atoms with E-state index in [4.69, 9.17) is 5.26 Å². The highest BCUT2D eigenvalue weighted by Gasteiger charge is 2.25. The molecule has 0 aromatic heterocycles. The molecular weight excluding hydrogens is 450 g/mol. The second-order valence-electron chi connectivity index (χ2n) is 9.11. The van der Waals surface area contributed by atoms with E-state index in [1.807, 2.05) is 6.08 Å². The monoisotopic (exact) mass is 477 g/mol. The Morgan fingerprint density at radius 3 is 2.31 bits per heavy atom. The van der Waals surface area contributed by atoms with E-state index in [2.05, 4.69) is 31.2 Å². The molecular formula is C30H27F4N. The average molecular weight is 478 g/mol. The third kappa shape index (κ3) is 5.32. The lowest BCUT2D eigenvalue weighted by molar-refractivity contribution is 0.495. The predicted octanol–water partition coefficient (Wildman–Crippen LogP) is 8.87. The number of unbranched alkanes of at least 4 members (excludes halogenated alkanes) is 2. The fourth-order valence-corrected chi connectivity index (χ4v) is 4.77. The van der Waals surface area contributed by atoms with Crippen LogP contribution >= 0.6 is 0 Å². The Labute approximate surface area is 203 Å². The van der Waals surface area contributed by atoms with E-state index in [-0.39, 0.29) is 22.6 Å². The lowest BCUT2D eigenvalue weighted by Crippen LogP contribution is -2.07. The molecule has 0 aliphatic heterocycles. The van der Waals surface area contributed by atoms with Crippen LogP contribution < -0.4 is 0 Å². The van der Waals surface area contributed by atoms with Crippen molar-refractivity contribution in [1.29, 1.82) is 5.26 Å². The van der Waals surface area contributed by atoms with Crippen LogP contribution in [0.15, 0.2) is 54.6 Å². The number of allylic oxidation sites excluding steroid dienone is 2. The molecule has 3 aromatic carbocycles. The van der Waals surface area contributed by atoms with Gasteiger partial charge in [-0.2, -0.15) is 5.26 Å². The van der Waals surface area contributed by atoms with Gasteiger partial charge in [-0.1, -0.05) is 56.2 Å². The third-order valence-corrected chi connectivity index (χ3v) is 6.81. The Bertz CT molecular complexity index is 1290. The maximum Gasteiger partial charge on any atom is 0.170 e. The van der Waals surface area contributed by atoms with Gasteiger partial charge < -0.3 is 0 Å². The summed E-state index contributed by atoms with van der Waals surface area (Å²) < 4.78 is 58.8. The van der Waals surface area contributed by atoms with Crippen molar-refractivity contribution in [3.8, 4) is 17.2 Å². The van der Waals surface area contributed by atoms with E-state index in [0.29, 0.717) is 18.4 Å². The van der Waals surface area contributed by atoms with Gasteiger partial charge in [-0.15, -0.1) is 0 Å². The lowest BCUT2D eigenvalue weighted by Gasteiger charge is -2.23. The zero-order valence-corrected chi connectivity index (χ0v) is 19.7. The molecule has 1 unspecified atom stereocenters. The van der Waals surface area contributed by atoms with Crippen LogP contribution in [0.3, 0.4) is 0 Å². The molecule has 0 bridgehead atoms. The standard InChI is InChI=1S/C30H27F4N/c1-2-3-4-5-19-6-8-20(9-7-19)21-10-12-22(13-11-21)25-17-27(32)28(30(34)29(25)33)23-14-15-24(18-35)26(31)16-23/h6-9,12,14-17,21H,2-5,10-11,13H2,1H3. The fourth-order valence-electron chi connectivity index (χ4n) is 4.77. The molecule has 3 aromatic rings. The van der Waals surface area contributed by atoms with Gasteiger partial charge in [0.1, 0.15) is 17.7 Å². The van der Waals surface area contributed by atoms with Crippen molar-refractivity contribution < 1.29 is 17.6 Å². The number of aryl methyl sites for hydroxylation is 1. The highest BCUT2D eigenvalue weighted by Crippen LogP contribution is 2.39. The zero-order chi connectivity index (χ0) is 24.9. The zero-order valence-electron chi connectivity index (χ0n) is 19.7. The molecule has 0 amide bonds. The minimum absolute atomic E-state index is 0.0948. The summed E-state index contributed by atoms with van der Waals surface area (Å²) in [6.45, 7) is 2.19. The van der Waals surface area contributed by atoms with Crippen LogP contribution in [0.1, 0.15) is 73.6 Å². The molecule has 0 radical (unpaired) electrons. The normalized spacial score (nSPS) is 15.5. The Balaban J connectivity index is 1.53. The Kier molecular flexibility index (Phi) is 7.70. The van der Waals surface area contributed by atoms with Crippen molar-refractivity contribution in [1.82, 2.24) is 0 Å². The van der Waals surface area contributed by atoms with E-state index in [0.717, 1.165) is 31.0 Å². The molecule has 1 aliphatic carbocycles. The Morgan fingerprint density at radius 1 is 0.914 bits per heavy atom. The summed E-state index contributed by atoms with van der Waals surface area (Å²) in [5.41, 5.74) is 1.98. The van der Waals surface area contributed by atoms with Crippen molar-refractivity contribution in [3.05, 3.63) is 100 Å². The molecule has 1 aliphatic rings. The van der Waals surface area contributed by atoms with Gasteiger partial charge in [-0.3, -0.25) is 0 Å². The summed E-state index contributed by atoms with van der Waals surface area (Å²) in [5, 5.41) is 8.85. The minimum Gasteiger partial charge on any atom is -0.206 e. The molecule has 0 spiro atoms. The molecule has 1 atom stereocenters. The predicted molar refractivity (Wildman–Crippen MR) is 131 cm³/mol. The molecule has 0 N–H and O–H groups in total. The first-order valence-electron chi connectivity index (χ1n) is 12.1. The van der Waals surface area contributed by atoms with E-state index in [1.165, 1.54) is 36.5 Å². The van der Waals surface area contributed by atoms with Crippen LogP contribution in [0.5, 0.6) is 0 Å². The third-order valence-electron chi connectivity index (χ3n) is 6.81. The quantitative estimate of drug-likeness (QED) is 0.189. The van der Waals surface area contributed by atoms with Crippen LogP contribution in [0, 0.1) is 34.6 Å². The molecule has 180 valence electrons. The number of rotatable bonds is 7. The second-order valence-corrected chi connectivity index (χ2v) is 9.11. The van der Waals surface area contributed by atoms with Gasteiger partial charge in [-0.25, -0.2) is 17.6 Å². The maximum absolute atomic E-state index is 15.0. The first-order chi connectivity index (χ1) is 16.9. The van der Waals surface area contributed by atoms with E-state index in [1.54, 1.807) is 6.07 Å². The highest BCUT2D eigenvalue weighted by molar-refractivity contribution is 5.73. The molecule has 35 heavy (non-hydrogen) atoms. The number of hydrogen-bond donors (Lipinski definition) is 0. The summed E-state index contributed by atoms with van der Waals surface area (Å²) in [6, 6.07) is 14.4. The number of nitriles is 1. The van der Waals surface area contributed by atoms with E-state index < -0.39 is 28.8 Å². The topological polar surface area (TPSA) is 23.8 Å². The minimum atomic E-state index is -1.36. The maximum atomic E-state index is 15.0. The Hall–Kier alpha value is -3.39. The van der Waals surface area contributed by atoms with Crippen LogP contribution in [0.25, 0.3) is 16.7 Å². The van der Waals surface area contributed by atoms with E-state index >= 15 is 4.39 Å². The molecule has 5 heteroatoms. The fraction of sp³-hybridized carbons (Fsp3) is 0.300. The average Bonchev–Trinajstić information content (AvgIpc) is 2.87. The molecule has 0 fully saturated rings. The summed E-state index contributed by atoms with van der Waals surface area (Å²) in [6.07, 6.45) is 8.46. The summed E-state index contributed by atoms with van der Waals surface area (Å²) in [5.74, 6) is -4.10. The van der Waals surface area contributed by atoms with Crippen LogP contribution in [-0.4, -0.2) is 0 Å². The van der Waals surface area contributed by atoms with Gasteiger partial charge in [0, 0.05) is 5.56 Å². The van der Waals surface area contributed by atoms with Crippen molar-refractivity contribution >= 4 is 5.57 Å².